The van der Waals surface area contributed by atoms with Gasteiger partial charge in [-0.25, -0.2) is 9.78 Å². The Morgan fingerprint density at radius 3 is 2.33 bits per heavy atom. The molecule has 7 nitrogen and oxygen atoms in total. The minimum absolute atomic E-state index is 0.0552. The first-order valence-corrected chi connectivity index (χ1v) is 9.91. The van der Waals surface area contributed by atoms with Crippen LogP contribution in [0.3, 0.4) is 0 Å². The van der Waals surface area contributed by atoms with Crippen molar-refractivity contribution in [3.8, 4) is 0 Å². The second-order valence-electron chi connectivity index (χ2n) is 7.31. The van der Waals surface area contributed by atoms with E-state index in [4.69, 9.17) is 4.74 Å². The summed E-state index contributed by atoms with van der Waals surface area (Å²) in [5.74, 6) is -0.500. The van der Waals surface area contributed by atoms with Crippen molar-refractivity contribution in [2.75, 3.05) is 14.2 Å². The molecule has 2 atom stereocenters. The molecule has 0 N–H and O–H groups in total. The fourth-order valence-corrected chi connectivity index (χ4v) is 3.64. The molecule has 0 aliphatic carbocycles. The van der Waals surface area contributed by atoms with Gasteiger partial charge in [-0.1, -0.05) is 27.7 Å². The lowest BCUT2D eigenvalue weighted by atomic mass is 9.95. The molecule has 0 spiro atoms. The van der Waals surface area contributed by atoms with Crippen molar-refractivity contribution in [1.82, 2.24) is 9.88 Å². The summed E-state index contributed by atoms with van der Waals surface area (Å²) in [6.45, 7) is 9.38. The first kappa shape index (κ1) is 23.1. The third kappa shape index (κ3) is 6.93. The van der Waals surface area contributed by atoms with Gasteiger partial charge in [0.05, 0.1) is 7.11 Å². The summed E-state index contributed by atoms with van der Waals surface area (Å²) in [6, 6.07) is -0.133. The van der Waals surface area contributed by atoms with E-state index in [2.05, 4.69) is 9.72 Å². The summed E-state index contributed by atoms with van der Waals surface area (Å²) in [5.41, 5.74) is 0.181. The maximum atomic E-state index is 12.5. The van der Waals surface area contributed by atoms with Crippen LogP contribution in [0.5, 0.6) is 0 Å². The number of carbonyl (C=O) groups is 3. The van der Waals surface area contributed by atoms with Gasteiger partial charge in [0.2, 0.25) is 5.91 Å². The fourth-order valence-electron chi connectivity index (χ4n) is 2.81. The Bertz CT molecular complexity index is 656. The van der Waals surface area contributed by atoms with Gasteiger partial charge in [0.25, 0.3) is 0 Å². The van der Waals surface area contributed by atoms with Gasteiger partial charge in [0.1, 0.15) is 5.01 Å². The molecule has 0 saturated carbocycles. The van der Waals surface area contributed by atoms with E-state index >= 15 is 0 Å². The maximum Gasteiger partial charge on any atom is 0.357 e. The van der Waals surface area contributed by atoms with E-state index in [9.17, 15) is 14.4 Å². The smallest absolute Gasteiger partial charge is 0.357 e. The summed E-state index contributed by atoms with van der Waals surface area (Å²) < 4.78 is 10.2. The van der Waals surface area contributed by atoms with Crippen LogP contribution in [-0.4, -0.2) is 47.9 Å². The highest BCUT2D eigenvalue weighted by Gasteiger charge is 2.30. The molecule has 1 heterocycles. The number of thiazole rings is 1. The molecule has 0 aliphatic rings. The van der Waals surface area contributed by atoms with Crippen LogP contribution in [0.25, 0.3) is 0 Å². The molecule has 0 saturated heterocycles. The van der Waals surface area contributed by atoms with Crippen molar-refractivity contribution < 1.29 is 23.9 Å². The molecule has 1 aromatic rings. The van der Waals surface area contributed by atoms with E-state index in [1.165, 1.54) is 25.4 Å². The van der Waals surface area contributed by atoms with Crippen molar-refractivity contribution in [3.63, 3.8) is 0 Å². The molecule has 0 bridgehead atoms. The lowest BCUT2D eigenvalue weighted by molar-refractivity contribution is -0.148. The van der Waals surface area contributed by atoms with E-state index < -0.39 is 18.0 Å². The Morgan fingerprint density at radius 2 is 1.85 bits per heavy atom. The highest BCUT2D eigenvalue weighted by Crippen LogP contribution is 2.30. The predicted molar refractivity (Wildman–Crippen MR) is 103 cm³/mol. The first-order valence-electron chi connectivity index (χ1n) is 9.03. The van der Waals surface area contributed by atoms with Gasteiger partial charge in [0.15, 0.2) is 11.8 Å². The van der Waals surface area contributed by atoms with Crippen LogP contribution in [-0.2, 0) is 19.1 Å². The number of nitrogens with zero attached hydrogens (tertiary/aromatic N) is 2. The van der Waals surface area contributed by atoms with E-state index in [0.717, 1.165) is 0 Å². The molecule has 152 valence electrons. The van der Waals surface area contributed by atoms with Crippen molar-refractivity contribution in [2.45, 2.75) is 59.6 Å². The Hall–Kier alpha value is -1.96. The third-order valence-electron chi connectivity index (χ3n) is 4.20. The van der Waals surface area contributed by atoms with E-state index in [-0.39, 0.29) is 29.5 Å². The van der Waals surface area contributed by atoms with Crippen molar-refractivity contribution >= 4 is 29.2 Å². The lowest BCUT2D eigenvalue weighted by Gasteiger charge is -2.34. The molecule has 27 heavy (non-hydrogen) atoms. The van der Waals surface area contributed by atoms with Gasteiger partial charge in [-0.2, -0.15) is 0 Å². The Balaban J connectivity index is 3.07. The predicted octanol–water partition coefficient (Wildman–Crippen LogP) is 3.45. The largest absolute Gasteiger partial charge is 0.464 e. The standard InChI is InChI=1S/C19H30N2O5S/c1-11(2)8-17(23)21(6)15(12(3)4)9-16(26-13(5)22)18-20-14(10-27-18)19(24)25-7/h10-12,15-16H,8-9H2,1-7H3/t15-,16-/m1/s1. The summed E-state index contributed by atoms with van der Waals surface area (Å²) in [7, 11) is 3.07. The van der Waals surface area contributed by atoms with Crippen LogP contribution in [0.2, 0.25) is 0 Å². The molecule has 8 heteroatoms. The van der Waals surface area contributed by atoms with Crippen molar-refractivity contribution in [3.05, 3.63) is 16.1 Å². The quantitative estimate of drug-likeness (QED) is 0.592. The Morgan fingerprint density at radius 1 is 1.22 bits per heavy atom. The number of amides is 1. The SMILES string of the molecule is COC(=O)c1csc([C@@H](C[C@H](C(C)C)N(C)C(=O)CC(C)C)OC(C)=O)n1. The molecule has 0 radical (unpaired) electrons. The third-order valence-corrected chi connectivity index (χ3v) is 5.14. The number of esters is 2. The van der Waals surface area contributed by atoms with Gasteiger partial charge in [-0.3, -0.25) is 9.59 Å². The van der Waals surface area contributed by atoms with Gasteiger partial charge < -0.3 is 14.4 Å². The van der Waals surface area contributed by atoms with Gasteiger partial charge >= 0.3 is 11.9 Å². The van der Waals surface area contributed by atoms with Gasteiger partial charge in [-0.15, -0.1) is 11.3 Å². The van der Waals surface area contributed by atoms with Crippen molar-refractivity contribution in [2.24, 2.45) is 11.8 Å². The zero-order chi connectivity index (χ0) is 20.7. The van der Waals surface area contributed by atoms with Crippen LogP contribution in [0, 0.1) is 11.8 Å². The molecule has 0 aromatic carbocycles. The number of hydrogen-bond donors (Lipinski definition) is 0. The molecular formula is C19H30N2O5S. The van der Waals surface area contributed by atoms with E-state index in [0.29, 0.717) is 17.8 Å². The maximum absolute atomic E-state index is 12.5. The summed E-state index contributed by atoms with van der Waals surface area (Å²) in [5, 5.41) is 2.09. The highest BCUT2D eigenvalue weighted by atomic mass is 32.1. The molecule has 1 aromatic heterocycles. The summed E-state index contributed by atoms with van der Waals surface area (Å²) >= 11 is 1.24. The molecule has 0 unspecified atom stereocenters. The average Bonchev–Trinajstić information content (AvgIpc) is 3.05. The molecule has 0 fully saturated rings. The molecular weight excluding hydrogens is 368 g/mol. The number of methoxy groups -OCH3 is 1. The second kappa shape index (κ2) is 10.4. The van der Waals surface area contributed by atoms with Gasteiger partial charge in [0, 0.05) is 38.2 Å². The first-order chi connectivity index (χ1) is 12.6. The average molecular weight is 399 g/mol. The van der Waals surface area contributed by atoms with Crippen LogP contribution >= 0.6 is 11.3 Å². The number of aromatic nitrogens is 1. The number of hydrogen-bond acceptors (Lipinski definition) is 7. The van der Waals surface area contributed by atoms with Gasteiger partial charge in [-0.05, 0) is 11.8 Å². The lowest BCUT2D eigenvalue weighted by Crippen LogP contribution is -2.42. The Labute approximate surface area is 165 Å². The zero-order valence-electron chi connectivity index (χ0n) is 17.1. The number of carbonyl (C=O) groups excluding carboxylic acids is 3. The van der Waals surface area contributed by atoms with Crippen LogP contribution in [0.1, 0.15) is 69.1 Å². The van der Waals surface area contributed by atoms with Crippen LogP contribution in [0.4, 0.5) is 0 Å². The minimum atomic E-state index is -0.632. The molecule has 1 amide bonds. The molecule has 1 rings (SSSR count). The topological polar surface area (TPSA) is 85.8 Å². The number of ether oxygens (including phenoxy) is 2. The monoisotopic (exact) mass is 398 g/mol. The highest BCUT2D eigenvalue weighted by molar-refractivity contribution is 7.09. The summed E-state index contributed by atoms with van der Waals surface area (Å²) in [4.78, 5) is 41.8. The van der Waals surface area contributed by atoms with Crippen LogP contribution in [0.15, 0.2) is 5.38 Å². The zero-order valence-corrected chi connectivity index (χ0v) is 18.0. The van der Waals surface area contributed by atoms with E-state index in [1.807, 2.05) is 27.7 Å². The van der Waals surface area contributed by atoms with Crippen molar-refractivity contribution in [1.29, 1.82) is 0 Å². The summed E-state index contributed by atoms with van der Waals surface area (Å²) in [6.07, 6.45) is 0.237. The molecule has 0 aliphatic heterocycles. The fraction of sp³-hybridized carbons (Fsp3) is 0.684. The second-order valence-corrected chi connectivity index (χ2v) is 8.20. The number of rotatable bonds is 9. The minimum Gasteiger partial charge on any atom is -0.464 e. The van der Waals surface area contributed by atoms with E-state index in [1.54, 1.807) is 17.3 Å². The normalized spacial score (nSPS) is 13.4. The van der Waals surface area contributed by atoms with Crippen LogP contribution < -0.4 is 0 Å². The Kier molecular flexibility index (Phi) is 8.88.